The van der Waals surface area contributed by atoms with Crippen LogP contribution in [0.5, 0.6) is 11.5 Å². The molecule has 0 spiro atoms. The van der Waals surface area contributed by atoms with Gasteiger partial charge in [0.1, 0.15) is 0 Å². The average Bonchev–Trinajstić information content (AvgIpc) is 2.58. The molecule has 0 radical (unpaired) electrons. The van der Waals surface area contributed by atoms with E-state index in [1.54, 1.807) is 38.5 Å². The Balaban J connectivity index is 2.15. The van der Waals surface area contributed by atoms with E-state index >= 15 is 0 Å². The topological polar surface area (TPSA) is 35.5 Å². The monoisotopic (exact) mass is 324 g/mol. The lowest BCUT2D eigenvalue weighted by molar-refractivity contribution is 0.104. The van der Waals surface area contributed by atoms with E-state index < -0.39 is 0 Å². The van der Waals surface area contributed by atoms with Crippen molar-refractivity contribution in [3.8, 4) is 11.5 Å². The highest BCUT2D eigenvalue weighted by Gasteiger charge is 2.12. The van der Waals surface area contributed by atoms with Gasteiger partial charge in [-0.1, -0.05) is 51.1 Å². The molecule has 0 N–H and O–H groups in total. The Kier molecular flexibility index (Phi) is 5.45. The van der Waals surface area contributed by atoms with E-state index in [0.29, 0.717) is 17.1 Å². The van der Waals surface area contributed by atoms with Gasteiger partial charge < -0.3 is 9.47 Å². The first-order valence-electron chi connectivity index (χ1n) is 7.90. The summed E-state index contributed by atoms with van der Waals surface area (Å²) in [6, 6.07) is 13.4. The van der Waals surface area contributed by atoms with Gasteiger partial charge in [-0.2, -0.15) is 0 Å². The standard InChI is InChI=1S/C21H24O3/c1-21(2,3)17-10-6-15(7-11-17)8-12-18(22)16-9-13-19(23-4)20(14-16)24-5/h6-14H,1-5H3/b12-8+. The minimum atomic E-state index is -0.0733. The summed E-state index contributed by atoms with van der Waals surface area (Å²) in [7, 11) is 3.12. The number of hydrogen-bond acceptors (Lipinski definition) is 3. The maximum Gasteiger partial charge on any atom is 0.185 e. The summed E-state index contributed by atoms with van der Waals surface area (Å²) in [5, 5.41) is 0. The minimum Gasteiger partial charge on any atom is -0.493 e. The van der Waals surface area contributed by atoms with Crippen molar-refractivity contribution >= 4 is 11.9 Å². The number of benzene rings is 2. The van der Waals surface area contributed by atoms with Gasteiger partial charge in [0, 0.05) is 5.56 Å². The summed E-state index contributed by atoms with van der Waals surface area (Å²) in [6.45, 7) is 6.54. The summed E-state index contributed by atoms with van der Waals surface area (Å²) in [5.41, 5.74) is 2.95. The van der Waals surface area contributed by atoms with Gasteiger partial charge in [-0.25, -0.2) is 0 Å². The van der Waals surface area contributed by atoms with Gasteiger partial charge in [0.15, 0.2) is 17.3 Å². The molecule has 2 aromatic carbocycles. The van der Waals surface area contributed by atoms with Crippen LogP contribution in [-0.4, -0.2) is 20.0 Å². The number of hydrogen-bond donors (Lipinski definition) is 0. The Hall–Kier alpha value is -2.55. The molecule has 0 aliphatic rings. The summed E-state index contributed by atoms with van der Waals surface area (Å²) in [4.78, 5) is 12.3. The zero-order valence-electron chi connectivity index (χ0n) is 14.9. The van der Waals surface area contributed by atoms with Crippen molar-refractivity contribution in [2.45, 2.75) is 26.2 Å². The Morgan fingerprint density at radius 1 is 0.917 bits per heavy atom. The van der Waals surface area contributed by atoms with Gasteiger partial charge in [-0.15, -0.1) is 0 Å². The van der Waals surface area contributed by atoms with Gasteiger partial charge in [0.25, 0.3) is 0 Å². The van der Waals surface area contributed by atoms with Crippen LogP contribution >= 0.6 is 0 Å². The van der Waals surface area contributed by atoms with E-state index in [1.807, 2.05) is 18.2 Å². The Morgan fingerprint density at radius 3 is 2.08 bits per heavy atom. The molecule has 2 rings (SSSR count). The predicted molar refractivity (Wildman–Crippen MR) is 98.1 cm³/mol. The number of methoxy groups -OCH3 is 2. The first kappa shape index (κ1) is 17.8. The smallest absolute Gasteiger partial charge is 0.185 e. The molecular formula is C21H24O3. The van der Waals surface area contributed by atoms with Crippen molar-refractivity contribution in [1.82, 2.24) is 0 Å². The molecule has 0 amide bonds. The zero-order chi connectivity index (χ0) is 17.7. The average molecular weight is 324 g/mol. The molecule has 2 aromatic rings. The Labute approximate surface area is 143 Å². The molecule has 0 atom stereocenters. The van der Waals surface area contributed by atoms with Crippen molar-refractivity contribution in [2.75, 3.05) is 14.2 Å². The second-order valence-electron chi connectivity index (χ2n) is 6.64. The Morgan fingerprint density at radius 2 is 1.54 bits per heavy atom. The molecule has 0 bridgehead atoms. The van der Waals surface area contributed by atoms with E-state index in [-0.39, 0.29) is 11.2 Å². The quantitative estimate of drug-likeness (QED) is 0.580. The van der Waals surface area contributed by atoms with Crippen LogP contribution in [0.2, 0.25) is 0 Å². The lowest BCUT2D eigenvalue weighted by Gasteiger charge is -2.18. The molecule has 126 valence electrons. The van der Waals surface area contributed by atoms with Gasteiger partial charge in [-0.05, 0) is 40.8 Å². The molecular weight excluding hydrogens is 300 g/mol. The molecule has 0 saturated carbocycles. The second-order valence-corrected chi connectivity index (χ2v) is 6.64. The number of ketones is 1. The van der Waals surface area contributed by atoms with Crippen LogP contribution in [0.3, 0.4) is 0 Å². The van der Waals surface area contributed by atoms with Crippen molar-refractivity contribution in [1.29, 1.82) is 0 Å². The highest BCUT2D eigenvalue weighted by molar-refractivity contribution is 6.07. The number of allylic oxidation sites excluding steroid dienone is 1. The van der Waals surface area contributed by atoms with Crippen molar-refractivity contribution < 1.29 is 14.3 Å². The first-order valence-corrected chi connectivity index (χ1v) is 7.90. The van der Waals surface area contributed by atoms with Gasteiger partial charge in [0.2, 0.25) is 0 Å². The van der Waals surface area contributed by atoms with Gasteiger partial charge in [0.05, 0.1) is 14.2 Å². The molecule has 0 unspecified atom stereocenters. The van der Waals surface area contributed by atoms with Crippen LogP contribution < -0.4 is 9.47 Å². The number of carbonyl (C=O) groups excluding carboxylic acids is 1. The molecule has 0 aliphatic carbocycles. The fourth-order valence-corrected chi connectivity index (χ4v) is 2.35. The SMILES string of the molecule is COc1ccc(C(=O)/C=C/c2ccc(C(C)(C)C)cc2)cc1OC. The van der Waals surface area contributed by atoms with Crippen LogP contribution in [0.1, 0.15) is 42.3 Å². The molecule has 24 heavy (non-hydrogen) atoms. The largest absolute Gasteiger partial charge is 0.493 e. The normalized spacial score (nSPS) is 11.5. The predicted octanol–water partition coefficient (Wildman–Crippen LogP) is 4.90. The van der Waals surface area contributed by atoms with Crippen molar-refractivity contribution in [3.63, 3.8) is 0 Å². The fraction of sp³-hybridized carbons (Fsp3) is 0.286. The minimum absolute atomic E-state index is 0.0733. The lowest BCUT2D eigenvalue weighted by atomic mass is 9.87. The summed E-state index contributed by atoms with van der Waals surface area (Å²) in [5.74, 6) is 1.08. The third-order valence-corrected chi connectivity index (χ3v) is 3.87. The van der Waals surface area contributed by atoms with Crippen LogP contribution in [0.15, 0.2) is 48.5 Å². The van der Waals surface area contributed by atoms with E-state index in [4.69, 9.17) is 9.47 Å². The number of ether oxygens (including phenoxy) is 2. The summed E-state index contributed by atoms with van der Waals surface area (Å²) >= 11 is 0. The third-order valence-electron chi connectivity index (χ3n) is 3.87. The van der Waals surface area contributed by atoms with Crippen LogP contribution in [-0.2, 0) is 5.41 Å². The first-order chi connectivity index (χ1) is 11.3. The molecule has 0 heterocycles. The van der Waals surface area contributed by atoms with Crippen LogP contribution in [0, 0.1) is 0 Å². The molecule has 0 aliphatic heterocycles. The van der Waals surface area contributed by atoms with E-state index in [0.717, 1.165) is 5.56 Å². The summed E-state index contributed by atoms with van der Waals surface area (Å²) < 4.78 is 10.4. The van der Waals surface area contributed by atoms with Crippen molar-refractivity contribution in [3.05, 3.63) is 65.2 Å². The molecule has 0 aromatic heterocycles. The zero-order valence-corrected chi connectivity index (χ0v) is 14.9. The Bertz CT molecular complexity index is 735. The molecule has 3 nitrogen and oxygen atoms in total. The highest BCUT2D eigenvalue weighted by Crippen LogP contribution is 2.28. The van der Waals surface area contributed by atoms with E-state index in [9.17, 15) is 4.79 Å². The van der Waals surface area contributed by atoms with Crippen LogP contribution in [0.25, 0.3) is 6.08 Å². The summed E-state index contributed by atoms with van der Waals surface area (Å²) in [6.07, 6.45) is 3.40. The molecule has 0 saturated heterocycles. The van der Waals surface area contributed by atoms with E-state index in [1.165, 1.54) is 5.56 Å². The molecule has 3 heteroatoms. The molecule has 0 fully saturated rings. The van der Waals surface area contributed by atoms with Crippen LogP contribution in [0.4, 0.5) is 0 Å². The maximum absolute atomic E-state index is 12.3. The lowest BCUT2D eigenvalue weighted by Crippen LogP contribution is -2.10. The van der Waals surface area contributed by atoms with Gasteiger partial charge >= 0.3 is 0 Å². The maximum atomic E-state index is 12.3. The number of carbonyl (C=O) groups is 1. The fourth-order valence-electron chi connectivity index (χ4n) is 2.35. The van der Waals surface area contributed by atoms with E-state index in [2.05, 4.69) is 32.9 Å². The highest BCUT2D eigenvalue weighted by atomic mass is 16.5. The number of rotatable bonds is 5. The van der Waals surface area contributed by atoms with Gasteiger partial charge in [-0.3, -0.25) is 4.79 Å². The van der Waals surface area contributed by atoms with Crippen molar-refractivity contribution in [2.24, 2.45) is 0 Å². The second kappa shape index (κ2) is 7.35. The third kappa shape index (κ3) is 4.25.